The second-order valence-electron chi connectivity index (χ2n) is 8.63. The van der Waals surface area contributed by atoms with Crippen LogP contribution in [0.25, 0.3) is 22.2 Å². The van der Waals surface area contributed by atoms with Gasteiger partial charge in [0.05, 0.1) is 16.8 Å². The van der Waals surface area contributed by atoms with E-state index in [2.05, 4.69) is 27.3 Å². The fourth-order valence-electron chi connectivity index (χ4n) is 5.06. The first-order chi connectivity index (χ1) is 15.7. The zero-order chi connectivity index (χ0) is 21.7. The highest BCUT2D eigenvalue weighted by Crippen LogP contribution is 2.37. The Bertz CT molecular complexity index is 1340. The Labute approximate surface area is 185 Å². The largest absolute Gasteiger partial charge is 0.474 e. The van der Waals surface area contributed by atoms with Crippen molar-refractivity contribution in [2.24, 2.45) is 7.05 Å². The van der Waals surface area contributed by atoms with E-state index >= 15 is 0 Å². The predicted octanol–water partition coefficient (Wildman–Crippen LogP) is 3.06. The molecule has 162 valence electrons. The molecule has 7 nitrogen and oxygen atoms in total. The summed E-state index contributed by atoms with van der Waals surface area (Å²) in [6.45, 7) is 2.44. The molecular formula is C25H25N5O2. The molecule has 2 aliphatic heterocycles. The minimum atomic E-state index is -0.203. The molecule has 6 rings (SSSR count). The molecule has 2 N–H and O–H groups in total. The van der Waals surface area contributed by atoms with E-state index in [9.17, 15) is 4.79 Å². The van der Waals surface area contributed by atoms with Crippen molar-refractivity contribution in [3.8, 4) is 17.1 Å². The van der Waals surface area contributed by atoms with Crippen molar-refractivity contribution in [3.05, 3.63) is 76.6 Å². The molecule has 0 saturated carbocycles. The van der Waals surface area contributed by atoms with Gasteiger partial charge in [-0.15, -0.1) is 0 Å². The van der Waals surface area contributed by atoms with Gasteiger partial charge in [0.2, 0.25) is 0 Å². The number of fused-ring (bicyclic) bond motifs is 3. The number of hydrogen-bond donors (Lipinski definition) is 2. The number of H-pyrrole nitrogens is 1. The number of aromatic nitrogens is 3. The number of hydrogen-bond acceptors (Lipinski definition) is 5. The monoisotopic (exact) mass is 427 g/mol. The Morgan fingerprint density at radius 3 is 2.72 bits per heavy atom. The maximum atomic E-state index is 12.9. The summed E-state index contributed by atoms with van der Waals surface area (Å²) in [5.74, 6) is 0.448. The maximum Gasteiger partial charge on any atom is 0.260 e. The quantitative estimate of drug-likeness (QED) is 0.512. The topological polar surface area (TPSA) is 75.2 Å². The van der Waals surface area contributed by atoms with Crippen LogP contribution in [0.1, 0.15) is 12.0 Å². The van der Waals surface area contributed by atoms with Gasteiger partial charge >= 0.3 is 0 Å². The highest BCUT2D eigenvalue weighted by Gasteiger charge is 2.38. The Hall–Kier alpha value is -3.58. The van der Waals surface area contributed by atoms with E-state index in [1.165, 1.54) is 12.1 Å². The van der Waals surface area contributed by atoms with E-state index < -0.39 is 0 Å². The molecule has 2 saturated heterocycles. The smallest absolute Gasteiger partial charge is 0.260 e. The number of nitrogens with zero attached hydrogens (tertiary/aromatic N) is 3. The van der Waals surface area contributed by atoms with Crippen molar-refractivity contribution in [2.45, 2.75) is 25.1 Å². The van der Waals surface area contributed by atoms with E-state index in [1.54, 1.807) is 12.1 Å². The number of benzene rings is 2. The molecule has 0 unspecified atom stereocenters. The summed E-state index contributed by atoms with van der Waals surface area (Å²) in [7, 11) is 1.95. The number of para-hydroxylation sites is 1. The first kappa shape index (κ1) is 19.1. The van der Waals surface area contributed by atoms with Gasteiger partial charge in [-0.2, -0.15) is 5.10 Å². The lowest BCUT2D eigenvalue weighted by molar-refractivity contribution is 0.293. The zero-order valence-electron chi connectivity index (χ0n) is 17.9. The SMILES string of the molecule is Cn1nc(-c2ccc(OCc3ccccc3)[nH]c2=O)c2cccc(N3C[C@@H]4C[C@H]3CN4)c21. The molecule has 4 heterocycles. The van der Waals surface area contributed by atoms with Crippen molar-refractivity contribution in [1.29, 1.82) is 0 Å². The molecule has 7 heteroatoms. The molecule has 0 radical (unpaired) electrons. The van der Waals surface area contributed by atoms with Gasteiger partial charge in [0.25, 0.3) is 5.56 Å². The number of rotatable bonds is 5. The molecule has 2 fully saturated rings. The summed E-state index contributed by atoms with van der Waals surface area (Å²) in [5.41, 5.74) is 4.35. The minimum absolute atomic E-state index is 0.203. The van der Waals surface area contributed by atoms with Gasteiger partial charge < -0.3 is 15.0 Å². The van der Waals surface area contributed by atoms with E-state index in [-0.39, 0.29) is 5.56 Å². The normalized spacial score (nSPS) is 19.7. The molecule has 2 aliphatic rings. The second kappa shape index (κ2) is 7.53. The Balaban J connectivity index is 1.34. The predicted molar refractivity (Wildman–Crippen MR) is 125 cm³/mol. The molecule has 0 spiro atoms. The maximum absolute atomic E-state index is 12.9. The summed E-state index contributed by atoms with van der Waals surface area (Å²) < 4.78 is 7.68. The van der Waals surface area contributed by atoms with E-state index in [1.807, 2.05) is 48.1 Å². The van der Waals surface area contributed by atoms with Crippen molar-refractivity contribution in [1.82, 2.24) is 20.1 Å². The van der Waals surface area contributed by atoms with Gasteiger partial charge in [-0.1, -0.05) is 42.5 Å². The van der Waals surface area contributed by atoms with Crippen molar-refractivity contribution >= 4 is 16.6 Å². The minimum Gasteiger partial charge on any atom is -0.474 e. The molecule has 2 aromatic heterocycles. The van der Waals surface area contributed by atoms with Crippen LogP contribution in [0.5, 0.6) is 5.88 Å². The molecule has 2 atom stereocenters. The third-order valence-corrected chi connectivity index (χ3v) is 6.58. The fourth-order valence-corrected chi connectivity index (χ4v) is 5.06. The molecule has 0 aliphatic carbocycles. The Kier molecular flexibility index (Phi) is 4.50. The number of ether oxygens (including phenoxy) is 1. The van der Waals surface area contributed by atoms with Gasteiger partial charge in [0, 0.05) is 37.6 Å². The highest BCUT2D eigenvalue weighted by molar-refractivity contribution is 6.00. The fraction of sp³-hybridized carbons (Fsp3) is 0.280. The van der Waals surface area contributed by atoms with Gasteiger partial charge in [0.15, 0.2) is 5.88 Å². The molecule has 2 aromatic carbocycles. The number of nitrogens with one attached hydrogen (secondary N) is 2. The van der Waals surface area contributed by atoms with Gasteiger partial charge in [-0.3, -0.25) is 14.5 Å². The number of pyridine rings is 1. The van der Waals surface area contributed by atoms with Gasteiger partial charge in [0.1, 0.15) is 12.3 Å². The summed E-state index contributed by atoms with van der Waals surface area (Å²) in [6, 6.07) is 20.9. The first-order valence-corrected chi connectivity index (χ1v) is 11.0. The average Bonchev–Trinajstić information content (AvgIpc) is 3.53. The van der Waals surface area contributed by atoms with Crippen LogP contribution in [-0.4, -0.2) is 39.9 Å². The van der Waals surface area contributed by atoms with Crippen LogP contribution in [0.3, 0.4) is 0 Å². The number of aryl methyl sites for hydroxylation is 1. The van der Waals surface area contributed by atoms with Crippen LogP contribution in [0.15, 0.2) is 65.5 Å². The van der Waals surface area contributed by atoms with E-state index in [4.69, 9.17) is 9.84 Å². The molecule has 2 bridgehead atoms. The van der Waals surface area contributed by atoms with E-state index in [0.717, 1.165) is 29.6 Å². The standard InChI is InChI=1S/C25H25N5O2/c1-29-24-19(8-5-9-21(24)30-14-17-12-18(30)13-26-17)23(28-29)20-10-11-22(27-25(20)31)32-15-16-6-3-2-4-7-16/h2-11,17-18,26H,12-15H2,1H3,(H,27,31)/t17-,18-/m0/s1. The van der Waals surface area contributed by atoms with Gasteiger partial charge in [-0.25, -0.2) is 0 Å². The lowest BCUT2D eigenvalue weighted by Crippen LogP contribution is -2.43. The van der Waals surface area contributed by atoms with Crippen LogP contribution < -0.4 is 20.5 Å². The second-order valence-corrected chi connectivity index (χ2v) is 8.63. The molecular weight excluding hydrogens is 402 g/mol. The zero-order valence-corrected chi connectivity index (χ0v) is 17.9. The summed E-state index contributed by atoms with van der Waals surface area (Å²) in [5, 5.41) is 9.30. The highest BCUT2D eigenvalue weighted by atomic mass is 16.5. The van der Waals surface area contributed by atoms with Crippen LogP contribution in [0.4, 0.5) is 5.69 Å². The van der Waals surface area contributed by atoms with Crippen molar-refractivity contribution in [2.75, 3.05) is 18.0 Å². The third-order valence-electron chi connectivity index (χ3n) is 6.58. The summed E-state index contributed by atoms with van der Waals surface area (Å²) in [4.78, 5) is 18.3. The first-order valence-electron chi connectivity index (χ1n) is 11.0. The Morgan fingerprint density at radius 2 is 1.97 bits per heavy atom. The van der Waals surface area contributed by atoms with Crippen LogP contribution in [-0.2, 0) is 13.7 Å². The molecule has 0 amide bonds. The molecule has 32 heavy (non-hydrogen) atoms. The van der Waals surface area contributed by atoms with Gasteiger partial charge in [-0.05, 0) is 30.2 Å². The van der Waals surface area contributed by atoms with Crippen LogP contribution in [0.2, 0.25) is 0 Å². The van der Waals surface area contributed by atoms with Crippen LogP contribution >= 0.6 is 0 Å². The number of aromatic amines is 1. The van der Waals surface area contributed by atoms with Crippen LogP contribution in [0, 0.1) is 0 Å². The summed E-state index contributed by atoms with van der Waals surface area (Å²) >= 11 is 0. The lowest BCUT2D eigenvalue weighted by Gasteiger charge is -2.30. The van der Waals surface area contributed by atoms with E-state index in [0.29, 0.717) is 35.8 Å². The van der Waals surface area contributed by atoms with Crippen molar-refractivity contribution < 1.29 is 4.74 Å². The lowest BCUT2D eigenvalue weighted by atomic mass is 10.1. The molecule has 4 aromatic rings. The Morgan fingerprint density at radius 1 is 1.09 bits per heavy atom. The third kappa shape index (κ3) is 3.17. The van der Waals surface area contributed by atoms with Crippen molar-refractivity contribution in [3.63, 3.8) is 0 Å². The number of piperazine rings is 1. The summed E-state index contributed by atoms with van der Waals surface area (Å²) in [6.07, 6.45) is 1.19. The average molecular weight is 428 g/mol. The number of anilines is 1.